The Labute approximate surface area is 117 Å². The van der Waals surface area contributed by atoms with E-state index in [0.29, 0.717) is 12.0 Å². The number of halogens is 2. The van der Waals surface area contributed by atoms with Crippen LogP contribution < -0.4 is 4.74 Å². The molecule has 1 unspecified atom stereocenters. The lowest BCUT2D eigenvalue weighted by atomic mass is 10.2. The minimum Gasteiger partial charge on any atom is -0.489 e. The molecular weight excluding hydrogens is 269 g/mol. The molecule has 0 aromatic heterocycles. The Balaban J connectivity index is 1.83. The molecule has 0 bridgehead atoms. The molecule has 0 radical (unpaired) electrons. The molecule has 1 aliphatic rings. The number of alkyl halides is 1. The normalized spacial score (nSPS) is 19.6. The molecule has 2 rings (SSSR count). The fraction of sp³-hybridized carbons (Fsp3) is 0.500. The zero-order chi connectivity index (χ0) is 13.7. The van der Waals surface area contributed by atoms with Crippen molar-refractivity contribution in [1.82, 2.24) is 4.90 Å². The number of hydrogen-bond acceptors (Lipinski definition) is 3. The molecule has 1 aromatic carbocycles. The van der Waals surface area contributed by atoms with Gasteiger partial charge >= 0.3 is 0 Å². The van der Waals surface area contributed by atoms with E-state index in [1.54, 1.807) is 24.3 Å². The highest BCUT2D eigenvalue weighted by Crippen LogP contribution is 2.19. The summed E-state index contributed by atoms with van der Waals surface area (Å²) in [6.45, 7) is 2.30. The molecule has 0 spiro atoms. The predicted molar refractivity (Wildman–Crippen MR) is 72.7 cm³/mol. The number of carbonyl (C=O) groups excluding carboxylic acids is 1. The number of likely N-dealkylation sites (tertiary alicyclic amines) is 1. The quantitative estimate of drug-likeness (QED) is 0.753. The summed E-state index contributed by atoms with van der Waals surface area (Å²) in [5.74, 6) is 0.735. The molecule has 1 aliphatic heterocycles. The maximum absolute atomic E-state index is 12.1. The van der Waals surface area contributed by atoms with Crippen LogP contribution in [0.1, 0.15) is 23.2 Å². The molecule has 0 aliphatic carbocycles. The average molecular weight is 286 g/mol. The minimum atomic E-state index is -0.468. The van der Waals surface area contributed by atoms with Crippen LogP contribution >= 0.6 is 11.6 Å². The van der Waals surface area contributed by atoms with Gasteiger partial charge < -0.3 is 4.74 Å². The second kappa shape index (κ2) is 6.87. The average Bonchev–Trinajstić information content (AvgIpc) is 2.84. The molecule has 1 heterocycles. The van der Waals surface area contributed by atoms with Crippen molar-refractivity contribution in [2.75, 3.05) is 26.3 Å². The molecule has 0 amide bonds. The second-order valence-electron chi connectivity index (χ2n) is 4.67. The Morgan fingerprint density at radius 3 is 2.79 bits per heavy atom. The van der Waals surface area contributed by atoms with E-state index in [4.69, 9.17) is 16.3 Å². The van der Waals surface area contributed by atoms with E-state index in [0.717, 1.165) is 31.8 Å². The number of carbonyl (C=O) groups is 1. The van der Waals surface area contributed by atoms with E-state index >= 15 is 0 Å². The van der Waals surface area contributed by atoms with Crippen molar-refractivity contribution in [2.45, 2.75) is 18.9 Å². The van der Waals surface area contributed by atoms with Crippen LogP contribution in [0.15, 0.2) is 24.3 Å². The highest BCUT2D eigenvalue weighted by Gasteiger charge is 2.23. The first kappa shape index (κ1) is 14.3. The van der Waals surface area contributed by atoms with Crippen LogP contribution in [-0.2, 0) is 0 Å². The first-order valence-corrected chi connectivity index (χ1v) is 6.81. The van der Waals surface area contributed by atoms with Gasteiger partial charge in [0.25, 0.3) is 5.24 Å². The molecule has 1 aromatic rings. The Kier molecular flexibility index (Phi) is 5.16. The van der Waals surface area contributed by atoms with Crippen molar-refractivity contribution in [1.29, 1.82) is 0 Å². The van der Waals surface area contributed by atoms with Crippen LogP contribution in [0.25, 0.3) is 0 Å². The Morgan fingerprint density at radius 2 is 2.16 bits per heavy atom. The third-order valence-electron chi connectivity index (χ3n) is 3.22. The lowest BCUT2D eigenvalue weighted by molar-refractivity contribution is 0.108. The summed E-state index contributed by atoms with van der Waals surface area (Å²) >= 11 is 5.38. The van der Waals surface area contributed by atoms with Gasteiger partial charge in [-0.3, -0.25) is 14.1 Å². The van der Waals surface area contributed by atoms with Gasteiger partial charge in [0, 0.05) is 25.2 Å². The first-order valence-electron chi connectivity index (χ1n) is 6.44. The van der Waals surface area contributed by atoms with E-state index in [9.17, 15) is 9.18 Å². The number of nitrogens with zero attached hydrogens (tertiary/aromatic N) is 1. The van der Waals surface area contributed by atoms with Crippen LogP contribution in [0.4, 0.5) is 4.39 Å². The van der Waals surface area contributed by atoms with Gasteiger partial charge in [0.05, 0.1) is 6.67 Å². The molecule has 0 N–H and O–H groups in total. The van der Waals surface area contributed by atoms with Gasteiger partial charge in [0.15, 0.2) is 0 Å². The van der Waals surface area contributed by atoms with Crippen LogP contribution in [0.5, 0.6) is 5.75 Å². The molecule has 104 valence electrons. The number of rotatable bonds is 6. The summed E-state index contributed by atoms with van der Waals surface area (Å²) in [6, 6.07) is 6.81. The molecule has 3 nitrogen and oxygen atoms in total. The van der Waals surface area contributed by atoms with Crippen molar-refractivity contribution in [3.05, 3.63) is 29.8 Å². The minimum absolute atomic E-state index is 0.136. The van der Waals surface area contributed by atoms with Crippen molar-refractivity contribution < 1.29 is 13.9 Å². The molecule has 5 heteroatoms. The number of hydrogen-bond donors (Lipinski definition) is 0. The monoisotopic (exact) mass is 285 g/mol. The predicted octanol–water partition coefficient (Wildman–Crippen LogP) is 2.88. The Bertz CT molecular complexity index is 424. The lowest BCUT2D eigenvalue weighted by Crippen LogP contribution is -2.26. The van der Waals surface area contributed by atoms with E-state index in [1.807, 2.05) is 0 Å². The molecule has 19 heavy (non-hydrogen) atoms. The Hall–Kier alpha value is -1.13. The van der Waals surface area contributed by atoms with Crippen LogP contribution in [-0.4, -0.2) is 42.6 Å². The standard InChI is InChI=1S/C14H17ClFNO2/c15-14(18)11-2-4-12(5-3-11)19-13-6-9-17(10-13)8-1-7-16/h2-5,13H,1,6-10H2. The number of benzene rings is 1. The summed E-state index contributed by atoms with van der Waals surface area (Å²) in [4.78, 5) is 13.1. The van der Waals surface area contributed by atoms with Gasteiger partial charge in [-0.1, -0.05) is 0 Å². The Morgan fingerprint density at radius 1 is 1.42 bits per heavy atom. The fourth-order valence-corrected chi connectivity index (χ4v) is 2.36. The molecule has 0 saturated carbocycles. The maximum Gasteiger partial charge on any atom is 0.252 e. The SMILES string of the molecule is O=C(Cl)c1ccc(OC2CCN(CCCF)C2)cc1. The van der Waals surface area contributed by atoms with Crippen LogP contribution in [0, 0.1) is 0 Å². The molecule has 1 saturated heterocycles. The fourth-order valence-electron chi connectivity index (χ4n) is 2.24. The lowest BCUT2D eigenvalue weighted by Gasteiger charge is -2.16. The molecule has 1 atom stereocenters. The van der Waals surface area contributed by atoms with Gasteiger partial charge in [0.2, 0.25) is 0 Å². The summed E-state index contributed by atoms with van der Waals surface area (Å²) in [7, 11) is 0. The first-order chi connectivity index (χ1) is 9.19. The van der Waals surface area contributed by atoms with E-state index in [-0.39, 0.29) is 12.8 Å². The van der Waals surface area contributed by atoms with Crippen molar-refractivity contribution >= 4 is 16.8 Å². The second-order valence-corrected chi connectivity index (χ2v) is 5.01. The van der Waals surface area contributed by atoms with Crippen molar-refractivity contribution in [2.24, 2.45) is 0 Å². The summed E-state index contributed by atoms with van der Waals surface area (Å²) in [5.41, 5.74) is 0.463. The third kappa shape index (κ3) is 4.18. The number of ether oxygens (including phenoxy) is 1. The summed E-state index contributed by atoms with van der Waals surface area (Å²) < 4.78 is 17.9. The van der Waals surface area contributed by atoms with E-state index in [1.165, 1.54) is 0 Å². The molecule has 1 fully saturated rings. The maximum atomic E-state index is 12.1. The zero-order valence-corrected chi connectivity index (χ0v) is 11.4. The summed E-state index contributed by atoms with van der Waals surface area (Å²) in [5, 5.41) is -0.468. The van der Waals surface area contributed by atoms with Gasteiger partial charge in [-0.05, 0) is 48.7 Å². The van der Waals surface area contributed by atoms with Gasteiger partial charge in [-0.15, -0.1) is 0 Å². The van der Waals surface area contributed by atoms with E-state index < -0.39 is 5.24 Å². The highest BCUT2D eigenvalue weighted by atomic mass is 35.5. The van der Waals surface area contributed by atoms with Gasteiger partial charge in [-0.25, -0.2) is 0 Å². The van der Waals surface area contributed by atoms with Gasteiger partial charge in [0.1, 0.15) is 11.9 Å². The van der Waals surface area contributed by atoms with Gasteiger partial charge in [-0.2, -0.15) is 0 Å². The van der Waals surface area contributed by atoms with Crippen molar-refractivity contribution in [3.8, 4) is 5.75 Å². The van der Waals surface area contributed by atoms with E-state index in [2.05, 4.69) is 4.90 Å². The smallest absolute Gasteiger partial charge is 0.252 e. The van der Waals surface area contributed by atoms with Crippen LogP contribution in [0.2, 0.25) is 0 Å². The summed E-state index contributed by atoms with van der Waals surface area (Å²) in [6.07, 6.45) is 1.67. The zero-order valence-electron chi connectivity index (χ0n) is 10.6. The molecular formula is C14H17ClFNO2. The van der Waals surface area contributed by atoms with Crippen molar-refractivity contribution in [3.63, 3.8) is 0 Å². The highest BCUT2D eigenvalue weighted by molar-refractivity contribution is 6.67. The topological polar surface area (TPSA) is 29.5 Å². The third-order valence-corrected chi connectivity index (χ3v) is 3.44. The largest absolute Gasteiger partial charge is 0.489 e. The van der Waals surface area contributed by atoms with Crippen LogP contribution in [0.3, 0.4) is 0 Å².